The fourth-order valence-corrected chi connectivity index (χ4v) is 1.12. The minimum Gasteiger partial charge on any atom is -0.480 e. The zero-order valence-electron chi connectivity index (χ0n) is 6.77. The summed E-state index contributed by atoms with van der Waals surface area (Å²) in [7, 11) is 0. The molecule has 0 saturated carbocycles. The van der Waals surface area contributed by atoms with Gasteiger partial charge in [-0.15, -0.1) is 0 Å². The van der Waals surface area contributed by atoms with Crippen molar-refractivity contribution >= 4 is 21.9 Å². The number of carboxylic acids is 1. The van der Waals surface area contributed by atoms with E-state index in [1.54, 1.807) is 0 Å². The Morgan fingerprint density at radius 3 is 2.92 bits per heavy atom. The van der Waals surface area contributed by atoms with Crippen LogP contribution in [0.4, 0.5) is 0 Å². The molecule has 0 aliphatic rings. The van der Waals surface area contributed by atoms with Gasteiger partial charge in [0.1, 0.15) is 10.5 Å². The standard InChI is InChI=1S/C7H7BrN2O3/c1-4(7(12)13)10-3-9-2-5(8)6(10)11/h2-4H,1H3,(H,12,13). The number of hydrogen-bond donors (Lipinski definition) is 1. The van der Waals surface area contributed by atoms with Gasteiger partial charge in [-0.05, 0) is 22.9 Å². The van der Waals surface area contributed by atoms with Crippen molar-refractivity contribution in [3.8, 4) is 0 Å². The summed E-state index contributed by atoms with van der Waals surface area (Å²) >= 11 is 2.97. The van der Waals surface area contributed by atoms with Gasteiger partial charge in [-0.1, -0.05) is 0 Å². The molecule has 1 aromatic rings. The summed E-state index contributed by atoms with van der Waals surface area (Å²) in [6.07, 6.45) is 2.53. The van der Waals surface area contributed by atoms with E-state index in [4.69, 9.17) is 5.11 Å². The van der Waals surface area contributed by atoms with Crippen molar-refractivity contribution in [2.45, 2.75) is 13.0 Å². The number of nitrogens with zero attached hydrogens (tertiary/aromatic N) is 2. The molecule has 1 rings (SSSR count). The third-order valence-electron chi connectivity index (χ3n) is 1.59. The van der Waals surface area contributed by atoms with Crippen LogP contribution in [0.2, 0.25) is 0 Å². The lowest BCUT2D eigenvalue weighted by molar-refractivity contribution is -0.140. The van der Waals surface area contributed by atoms with Crippen LogP contribution in [0.25, 0.3) is 0 Å². The number of rotatable bonds is 2. The zero-order valence-corrected chi connectivity index (χ0v) is 8.35. The Morgan fingerprint density at radius 1 is 1.77 bits per heavy atom. The van der Waals surface area contributed by atoms with Gasteiger partial charge in [-0.2, -0.15) is 0 Å². The maximum Gasteiger partial charge on any atom is 0.326 e. The second-order valence-electron chi connectivity index (χ2n) is 2.47. The van der Waals surface area contributed by atoms with Crippen LogP contribution in [0.15, 0.2) is 21.8 Å². The summed E-state index contributed by atoms with van der Waals surface area (Å²) in [6.45, 7) is 1.41. The van der Waals surface area contributed by atoms with Crippen LogP contribution in [0, 0.1) is 0 Å². The second-order valence-corrected chi connectivity index (χ2v) is 3.32. The Labute approximate surface area is 82.2 Å². The summed E-state index contributed by atoms with van der Waals surface area (Å²) in [5.41, 5.74) is -0.398. The van der Waals surface area contributed by atoms with Gasteiger partial charge in [0.15, 0.2) is 0 Å². The lowest BCUT2D eigenvalue weighted by Crippen LogP contribution is -2.28. The summed E-state index contributed by atoms with van der Waals surface area (Å²) < 4.78 is 1.30. The molecule has 6 heteroatoms. The summed E-state index contributed by atoms with van der Waals surface area (Å²) in [5, 5.41) is 8.65. The largest absolute Gasteiger partial charge is 0.480 e. The van der Waals surface area contributed by atoms with Crippen molar-refractivity contribution in [1.82, 2.24) is 9.55 Å². The molecule has 0 radical (unpaired) electrons. The molecule has 0 aromatic carbocycles. The van der Waals surface area contributed by atoms with Gasteiger partial charge in [-0.25, -0.2) is 9.78 Å². The molecule has 0 spiro atoms. The summed E-state index contributed by atoms with van der Waals surface area (Å²) in [4.78, 5) is 25.6. The molecule has 1 aromatic heterocycles. The molecule has 1 heterocycles. The fourth-order valence-electron chi connectivity index (χ4n) is 0.796. The van der Waals surface area contributed by atoms with E-state index in [1.165, 1.54) is 19.4 Å². The Morgan fingerprint density at radius 2 is 2.38 bits per heavy atom. The molecular weight excluding hydrogens is 240 g/mol. The van der Waals surface area contributed by atoms with Gasteiger partial charge in [0.05, 0.1) is 6.33 Å². The van der Waals surface area contributed by atoms with Crippen LogP contribution in [0.3, 0.4) is 0 Å². The second kappa shape index (κ2) is 3.69. The fraction of sp³-hybridized carbons (Fsp3) is 0.286. The quantitative estimate of drug-likeness (QED) is 0.832. The van der Waals surface area contributed by atoms with E-state index in [-0.39, 0.29) is 4.47 Å². The first-order valence-corrected chi connectivity index (χ1v) is 4.27. The van der Waals surface area contributed by atoms with Crippen molar-refractivity contribution in [3.05, 3.63) is 27.4 Å². The third kappa shape index (κ3) is 1.95. The lowest BCUT2D eigenvalue weighted by Gasteiger charge is -2.08. The van der Waals surface area contributed by atoms with E-state index >= 15 is 0 Å². The van der Waals surface area contributed by atoms with Gasteiger partial charge < -0.3 is 5.11 Å². The maximum atomic E-state index is 11.3. The van der Waals surface area contributed by atoms with Crippen molar-refractivity contribution in [2.24, 2.45) is 0 Å². The topological polar surface area (TPSA) is 72.2 Å². The monoisotopic (exact) mass is 246 g/mol. The van der Waals surface area contributed by atoms with E-state index in [0.29, 0.717) is 0 Å². The Bertz CT molecular complexity index is 388. The van der Waals surface area contributed by atoms with Crippen LogP contribution < -0.4 is 5.56 Å². The highest BCUT2D eigenvalue weighted by Crippen LogP contribution is 2.04. The molecule has 5 nitrogen and oxygen atoms in total. The van der Waals surface area contributed by atoms with Crippen molar-refractivity contribution in [2.75, 3.05) is 0 Å². The molecule has 0 aliphatic heterocycles. The minimum absolute atomic E-state index is 0.253. The first kappa shape index (κ1) is 9.91. The van der Waals surface area contributed by atoms with Gasteiger partial charge in [-0.3, -0.25) is 9.36 Å². The first-order valence-electron chi connectivity index (χ1n) is 3.48. The van der Waals surface area contributed by atoms with Crippen LogP contribution in [0.1, 0.15) is 13.0 Å². The highest BCUT2D eigenvalue weighted by molar-refractivity contribution is 9.10. The number of aliphatic carboxylic acids is 1. The zero-order chi connectivity index (χ0) is 10.0. The summed E-state index contributed by atoms with van der Waals surface area (Å²) in [5.74, 6) is -1.07. The Balaban J connectivity index is 3.23. The van der Waals surface area contributed by atoms with Crippen LogP contribution >= 0.6 is 15.9 Å². The van der Waals surface area contributed by atoms with Crippen LogP contribution in [0.5, 0.6) is 0 Å². The van der Waals surface area contributed by atoms with E-state index < -0.39 is 17.6 Å². The van der Waals surface area contributed by atoms with E-state index in [1.807, 2.05) is 0 Å². The molecule has 1 N–H and O–H groups in total. The number of hydrogen-bond acceptors (Lipinski definition) is 3. The Kier molecular flexibility index (Phi) is 2.82. The van der Waals surface area contributed by atoms with Crippen molar-refractivity contribution in [3.63, 3.8) is 0 Å². The first-order chi connectivity index (χ1) is 6.04. The van der Waals surface area contributed by atoms with E-state index in [2.05, 4.69) is 20.9 Å². The summed E-state index contributed by atoms with van der Waals surface area (Å²) in [6, 6.07) is -0.905. The maximum absolute atomic E-state index is 11.3. The molecule has 0 amide bonds. The molecule has 13 heavy (non-hydrogen) atoms. The van der Waals surface area contributed by atoms with Gasteiger partial charge in [0.2, 0.25) is 0 Å². The SMILES string of the molecule is CC(C(=O)O)n1cncc(Br)c1=O. The number of aromatic nitrogens is 2. The van der Waals surface area contributed by atoms with Crippen LogP contribution in [-0.4, -0.2) is 20.6 Å². The van der Waals surface area contributed by atoms with Gasteiger partial charge in [0, 0.05) is 6.20 Å². The normalized spacial score (nSPS) is 12.5. The van der Waals surface area contributed by atoms with E-state index in [9.17, 15) is 9.59 Å². The lowest BCUT2D eigenvalue weighted by atomic mass is 10.3. The predicted octanol–water partition coefficient (Wildman–Crippen LogP) is 0.651. The average Bonchev–Trinajstić information content (AvgIpc) is 2.08. The smallest absolute Gasteiger partial charge is 0.326 e. The van der Waals surface area contributed by atoms with E-state index in [0.717, 1.165) is 4.57 Å². The van der Waals surface area contributed by atoms with Crippen molar-refractivity contribution < 1.29 is 9.90 Å². The molecule has 70 valence electrons. The van der Waals surface area contributed by atoms with Crippen molar-refractivity contribution in [1.29, 1.82) is 0 Å². The predicted molar refractivity (Wildman–Crippen MR) is 48.5 cm³/mol. The highest BCUT2D eigenvalue weighted by atomic mass is 79.9. The van der Waals surface area contributed by atoms with Gasteiger partial charge >= 0.3 is 5.97 Å². The molecule has 1 atom stereocenters. The van der Waals surface area contributed by atoms with Gasteiger partial charge in [0.25, 0.3) is 5.56 Å². The number of carboxylic acid groups (broad SMARTS) is 1. The Hall–Kier alpha value is -1.17. The minimum atomic E-state index is -1.07. The van der Waals surface area contributed by atoms with Crippen LogP contribution in [-0.2, 0) is 4.79 Å². The number of carbonyl (C=O) groups is 1. The molecule has 0 aliphatic carbocycles. The average molecular weight is 247 g/mol. The highest BCUT2D eigenvalue weighted by Gasteiger charge is 2.15. The third-order valence-corrected chi connectivity index (χ3v) is 2.14. The molecule has 0 bridgehead atoms. The molecule has 1 unspecified atom stereocenters. The molecule has 0 saturated heterocycles. The molecule has 0 fully saturated rings. The number of halogens is 1. The molecular formula is C7H7BrN2O3.